The summed E-state index contributed by atoms with van der Waals surface area (Å²) in [6.45, 7) is 2.10. The van der Waals surface area contributed by atoms with E-state index in [1.165, 1.54) is 6.07 Å². The highest BCUT2D eigenvalue weighted by Crippen LogP contribution is 2.13. The predicted octanol–water partition coefficient (Wildman–Crippen LogP) is 3.45. The van der Waals surface area contributed by atoms with Crippen LogP contribution in [-0.2, 0) is 6.42 Å². The Balaban J connectivity index is 2.43. The fraction of sp³-hybridized carbons (Fsp3) is 0.538. The van der Waals surface area contributed by atoms with Crippen LogP contribution >= 0.6 is 0 Å². The van der Waals surface area contributed by atoms with Crippen molar-refractivity contribution in [1.29, 1.82) is 0 Å². The lowest BCUT2D eigenvalue weighted by atomic mass is 10.0. The zero-order chi connectivity index (χ0) is 12.0. The van der Waals surface area contributed by atoms with E-state index >= 15 is 0 Å². The molecule has 0 amide bonds. The summed E-state index contributed by atoms with van der Waals surface area (Å²) >= 11 is 0. The molecule has 0 aliphatic heterocycles. The zero-order valence-electron chi connectivity index (χ0n) is 9.55. The van der Waals surface area contributed by atoms with Crippen molar-refractivity contribution in [3.63, 3.8) is 0 Å². The molecule has 1 N–H and O–H groups in total. The van der Waals surface area contributed by atoms with E-state index in [0.29, 0.717) is 18.4 Å². The monoisotopic (exact) mass is 228 g/mol. The fourth-order valence-corrected chi connectivity index (χ4v) is 1.67. The summed E-state index contributed by atoms with van der Waals surface area (Å²) in [6.07, 6.45) is 3.82. The molecule has 1 atom stereocenters. The molecule has 0 radical (unpaired) electrons. The molecule has 0 saturated carbocycles. The maximum Gasteiger partial charge on any atom is 0.159 e. The molecular formula is C13H18F2O. The molecule has 16 heavy (non-hydrogen) atoms. The second-order valence-electron chi connectivity index (χ2n) is 4.10. The van der Waals surface area contributed by atoms with Gasteiger partial charge in [0.2, 0.25) is 0 Å². The third kappa shape index (κ3) is 4.27. The van der Waals surface area contributed by atoms with Gasteiger partial charge in [-0.15, -0.1) is 0 Å². The fourth-order valence-electron chi connectivity index (χ4n) is 1.67. The normalized spacial score (nSPS) is 12.8. The van der Waals surface area contributed by atoms with Crippen molar-refractivity contribution in [2.75, 3.05) is 0 Å². The van der Waals surface area contributed by atoms with Crippen LogP contribution in [-0.4, -0.2) is 11.2 Å². The van der Waals surface area contributed by atoms with Crippen molar-refractivity contribution in [2.45, 2.75) is 45.1 Å². The average Bonchev–Trinajstić information content (AvgIpc) is 2.24. The van der Waals surface area contributed by atoms with Crippen molar-refractivity contribution >= 4 is 0 Å². The number of benzene rings is 1. The Hall–Kier alpha value is -0.960. The summed E-state index contributed by atoms with van der Waals surface area (Å²) in [7, 11) is 0. The van der Waals surface area contributed by atoms with Crippen molar-refractivity contribution in [2.24, 2.45) is 0 Å². The van der Waals surface area contributed by atoms with Crippen molar-refractivity contribution in [3.8, 4) is 0 Å². The molecule has 0 fully saturated rings. The predicted molar refractivity (Wildman–Crippen MR) is 60.2 cm³/mol. The van der Waals surface area contributed by atoms with Crippen LogP contribution in [0.3, 0.4) is 0 Å². The molecular weight excluding hydrogens is 210 g/mol. The first-order valence-electron chi connectivity index (χ1n) is 5.75. The van der Waals surface area contributed by atoms with Crippen molar-refractivity contribution in [1.82, 2.24) is 0 Å². The first kappa shape index (κ1) is 13.1. The number of hydrogen-bond donors (Lipinski definition) is 1. The molecule has 0 aliphatic rings. The Morgan fingerprint density at radius 1 is 1.19 bits per heavy atom. The molecule has 3 heteroatoms. The van der Waals surface area contributed by atoms with Gasteiger partial charge < -0.3 is 5.11 Å². The lowest BCUT2D eigenvalue weighted by molar-refractivity contribution is 0.161. The van der Waals surface area contributed by atoms with E-state index in [2.05, 4.69) is 6.92 Å². The first-order chi connectivity index (χ1) is 7.63. The molecule has 0 saturated heterocycles. The van der Waals surface area contributed by atoms with Gasteiger partial charge in [-0.3, -0.25) is 0 Å². The molecule has 90 valence electrons. The minimum absolute atomic E-state index is 0.390. The Kier molecular flexibility index (Phi) is 5.39. The van der Waals surface area contributed by atoms with E-state index in [4.69, 9.17) is 0 Å². The molecule has 1 nitrogen and oxygen atoms in total. The highest BCUT2D eigenvalue weighted by atomic mass is 19.2. The van der Waals surface area contributed by atoms with Crippen LogP contribution in [0.4, 0.5) is 8.78 Å². The maximum absolute atomic E-state index is 12.9. The summed E-state index contributed by atoms with van der Waals surface area (Å²) < 4.78 is 25.5. The molecule has 0 bridgehead atoms. The standard InChI is InChI=1S/C13H18F2O/c1-2-3-4-5-11(16)8-10-6-7-12(14)13(15)9-10/h6-7,9,11,16H,2-5,8H2,1H3. The lowest BCUT2D eigenvalue weighted by Gasteiger charge is -2.10. The summed E-state index contributed by atoms with van der Waals surface area (Å²) in [5.41, 5.74) is 0.642. The third-order valence-electron chi connectivity index (χ3n) is 2.60. The Morgan fingerprint density at radius 2 is 1.94 bits per heavy atom. The topological polar surface area (TPSA) is 20.2 Å². The number of aliphatic hydroxyl groups excluding tert-OH is 1. The highest BCUT2D eigenvalue weighted by Gasteiger charge is 2.08. The summed E-state index contributed by atoms with van der Waals surface area (Å²) in [5.74, 6) is -1.69. The van der Waals surface area contributed by atoms with Crippen LogP contribution in [0.2, 0.25) is 0 Å². The summed E-state index contributed by atoms with van der Waals surface area (Å²) in [5, 5.41) is 9.67. The van der Waals surface area contributed by atoms with Gasteiger partial charge in [0.15, 0.2) is 11.6 Å². The van der Waals surface area contributed by atoms with Crippen LogP contribution in [0.25, 0.3) is 0 Å². The quantitative estimate of drug-likeness (QED) is 0.739. The molecule has 1 aromatic rings. The van der Waals surface area contributed by atoms with Gasteiger partial charge in [-0.1, -0.05) is 32.3 Å². The van der Waals surface area contributed by atoms with Gasteiger partial charge >= 0.3 is 0 Å². The number of rotatable bonds is 6. The maximum atomic E-state index is 12.9. The number of aliphatic hydroxyl groups is 1. The second-order valence-corrected chi connectivity index (χ2v) is 4.10. The van der Waals surface area contributed by atoms with Crippen molar-refractivity contribution in [3.05, 3.63) is 35.4 Å². The van der Waals surface area contributed by atoms with Crippen LogP contribution in [0.1, 0.15) is 38.2 Å². The lowest BCUT2D eigenvalue weighted by Crippen LogP contribution is -2.10. The molecule has 1 rings (SSSR count). The number of unbranched alkanes of at least 4 members (excludes halogenated alkanes) is 2. The van der Waals surface area contributed by atoms with E-state index in [1.807, 2.05) is 0 Å². The minimum atomic E-state index is -0.849. The second kappa shape index (κ2) is 6.59. The molecule has 0 aliphatic carbocycles. The van der Waals surface area contributed by atoms with Crippen LogP contribution < -0.4 is 0 Å². The molecule has 0 heterocycles. The van der Waals surface area contributed by atoms with E-state index in [0.717, 1.165) is 31.4 Å². The molecule has 1 aromatic carbocycles. The highest BCUT2D eigenvalue weighted by molar-refractivity contribution is 5.18. The van der Waals surface area contributed by atoms with E-state index in [-0.39, 0.29) is 0 Å². The third-order valence-corrected chi connectivity index (χ3v) is 2.60. The van der Waals surface area contributed by atoms with E-state index < -0.39 is 17.7 Å². The van der Waals surface area contributed by atoms with Crippen LogP contribution in [0.5, 0.6) is 0 Å². The average molecular weight is 228 g/mol. The summed E-state index contributed by atoms with van der Waals surface area (Å²) in [4.78, 5) is 0. The van der Waals surface area contributed by atoms with E-state index in [9.17, 15) is 13.9 Å². The first-order valence-corrected chi connectivity index (χ1v) is 5.75. The zero-order valence-corrected chi connectivity index (χ0v) is 9.55. The number of halogens is 2. The molecule has 0 spiro atoms. The SMILES string of the molecule is CCCCCC(O)Cc1ccc(F)c(F)c1. The van der Waals surface area contributed by atoms with Crippen molar-refractivity contribution < 1.29 is 13.9 Å². The Labute approximate surface area is 95.1 Å². The summed E-state index contributed by atoms with van der Waals surface area (Å²) in [6, 6.07) is 3.77. The minimum Gasteiger partial charge on any atom is -0.393 e. The van der Waals surface area contributed by atoms with Crippen LogP contribution in [0, 0.1) is 11.6 Å². The molecule has 0 aromatic heterocycles. The molecule has 1 unspecified atom stereocenters. The Bertz CT molecular complexity index is 326. The van der Waals surface area contributed by atoms with Gasteiger partial charge in [-0.25, -0.2) is 8.78 Å². The van der Waals surface area contributed by atoms with E-state index in [1.54, 1.807) is 0 Å². The van der Waals surface area contributed by atoms with Gasteiger partial charge in [0.05, 0.1) is 6.10 Å². The van der Waals surface area contributed by atoms with Gasteiger partial charge in [0.25, 0.3) is 0 Å². The van der Waals surface area contributed by atoms with Gasteiger partial charge in [-0.05, 0) is 30.5 Å². The Morgan fingerprint density at radius 3 is 2.56 bits per heavy atom. The van der Waals surface area contributed by atoms with Gasteiger partial charge in [-0.2, -0.15) is 0 Å². The van der Waals surface area contributed by atoms with Gasteiger partial charge in [0.1, 0.15) is 0 Å². The largest absolute Gasteiger partial charge is 0.393 e. The van der Waals surface area contributed by atoms with Crippen LogP contribution in [0.15, 0.2) is 18.2 Å². The number of hydrogen-bond acceptors (Lipinski definition) is 1. The van der Waals surface area contributed by atoms with Gasteiger partial charge in [0, 0.05) is 0 Å². The smallest absolute Gasteiger partial charge is 0.159 e.